The van der Waals surface area contributed by atoms with E-state index in [0.717, 1.165) is 18.7 Å². The van der Waals surface area contributed by atoms with E-state index in [9.17, 15) is 0 Å². The van der Waals surface area contributed by atoms with Gasteiger partial charge in [-0.2, -0.15) is 10.1 Å². The molecule has 0 radical (unpaired) electrons. The lowest BCUT2D eigenvalue weighted by Crippen LogP contribution is -2.32. The second kappa shape index (κ2) is 6.52. The van der Waals surface area contributed by atoms with Crippen LogP contribution in [0.2, 0.25) is 0 Å². The van der Waals surface area contributed by atoms with Crippen LogP contribution in [0.25, 0.3) is 11.4 Å². The Morgan fingerprint density at radius 2 is 2.29 bits per heavy atom. The molecule has 4 rings (SSSR count). The summed E-state index contributed by atoms with van der Waals surface area (Å²) >= 11 is 0. The molecule has 1 aliphatic heterocycles. The smallest absolute Gasteiger partial charge is 0.241 e. The molecule has 0 saturated carbocycles. The minimum Gasteiger partial charge on any atom is -0.338 e. The summed E-state index contributed by atoms with van der Waals surface area (Å²) in [5, 5.41) is 8.47. The van der Waals surface area contributed by atoms with Crippen molar-refractivity contribution in [2.75, 3.05) is 6.54 Å². The van der Waals surface area contributed by atoms with Crippen LogP contribution in [0, 0.1) is 6.92 Å². The zero-order valence-electron chi connectivity index (χ0n) is 13.7. The normalized spacial score (nSPS) is 18.3. The van der Waals surface area contributed by atoms with E-state index in [1.54, 1.807) is 12.4 Å². The van der Waals surface area contributed by atoms with Crippen molar-refractivity contribution in [3.63, 3.8) is 0 Å². The van der Waals surface area contributed by atoms with Gasteiger partial charge in [0, 0.05) is 30.2 Å². The molecule has 4 heterocycles. The Kier molecular flexibility index (Phi) is 4.08. The maximum absolute atomic E-state index is 5.43. The second-order valence-corrected chi connectivity index (χ2v) is 6.26. The third-order valence-electron chi connectivity index (χ3n) is 4.39. The fourth-order valence-corrected chi connectivity index (χ4v) is 3.20. The number of hydrogen-bond donors (Lipinski definition) is 0. The van der Waals surface area contributed by atoms with Crippen molar-refractivity contribution in [1.29, 1.82) is 0 Å². The highest BCUT2D eigenvalue weighted by Gasteiger charge is 2.26. The van der Waals surface area contributed by atoms with Crippen LogP contribution in [0.15, 0.2) is 41.4 Å². The van der Waals surface area contributed by atoms with Gasteiger partial charge in [-0.3, -0.25) is 14.6 Å². The van der Waals surface area contributed by atoms with Crippen molar-refractivity contribution in [1.82, 2.24) is 29.8 Å². The Balaban J connectivity index is 1.43. The van der Waals surface area contributed by atoms with E-state index >= 15 is 0 Å². The Morgan fingerprint density at radius 3 is 3.08 bits per heavy atom. The lowest BCUT2D eigenvalue weighted by molar-refractivity contribution is 0.192. The number of pyridine rings is 1. The van der Waals surface area contributed by atoms with E-state index < -0.39 is 0 Å². The first-order valence-corrected chi connectivity index (χ1v) is 8.24. The number of rotatable bonds is 5. The zero-order valence-corrected chi connectivity index (χ0v) is 13.7. The number of aromatic nitrogens is 5. The monoisotopic (exact) mass is 324 g/mol. The summed E-state index contributed by atoms with van der Waals surface area (Å²) in [7, 11) is 0. The van der Waals surface area contributed by atoms with E-state index in [0.29, 0.717) is 24.3 Å². The average molecular weight is 324 g/mol. The molecule has 1 atom stereocenters. The summed E-state index contributed by atoms with van der Waals surface area (Å²) in [6, 6.07) is 4.26. The molecule has 0 aromatic carbocycles. The Labute approximate surface area is 140 Å². The minimum atomic E-state index is 0.457. The van der Waals surface area contributed by atoms with Gasteiger partial charge in [-0.1, -0.05) is 5.16 Å². The fraction of sp³-hybridized carbons (Fsp3) is 0.412. The topological polar surface area (TPSA) is 72.9 Å². The molecular weight excluding hydrogens is 304 g/mol. The highest BCUT2D eigenvalue weighted by Crippen LogP contribution is 2.22. The molecule has 0 amide bonds. The maximum atomic E-state index is 5.43. The Morgan fingerprint density at radius 1 is 1.33 bits per heavy atom. The molecule has 24 heavy (non-hydrogen) atoms. The molecule has 124 valence electrons. The van der Waals surface area contributed by atoms with Crippen LogP contribution in [0.5, 0.6) is 0 Å². The molecule has 3 aromatic rings. The van der Waals surface area contributed by atoms with E-state index in [1.807, 2.05) is 23.0 Å². The zero-order chi connectivity index (χ0) is 16.4. The highest BCUT2D eigenvalue weighted by atomic mass is 16.5. The van der Waals surface area contributed by atoms with Crippen molar-refractivity contribution in [2.24, 2.45) is 0 Å². The summed E-state index contributed by atoms with van der Waals surface area (Å²) in [6.45, 7) is 4.69. The molecule has 1 fully saturated rings. The van der Waals surface area contributed by atoms with Crippen molar-refractivity contribution in [2.45, 2.75) is 38.9 Å². The third kappa shape index (κ3) is 3.21. The third-order valence-corrected chi connectivity index (χ3v) is 4.39. The molecule has 7 nitrogen and oxygen atoms in total. The molecule has 1 saturated heterocycles. The van der Waals surface area contributed by atoms with E-state index in [-0.39, 0.29) is 0 Å². The van der Waals surface area contributed by atoms with Crippen LogP contribution in [-0.4, -0.2) is 42.4 Å². The van der Waals surface area contributed by atoms with Gasteiger partial charge in [0.25, 0.3) is 0 Å². The second-order valence-electron chi connectivity index (χ2n) is 6.26. The minimum absolute atomic E-state index is 0.457. The first-order valence-electron chi connectivity index (χ1n) is 8.24. The van der Waals surface area contributed by atoms with Crippen LogP contribution < -0.4 is 0 Å². The number of hydrogen-bond acceptors (Lipinski definition) is 6. The largest absolute Gasteiger partial charge is 0.338 e. The predicted molar refractivity (Wildman–Crippen MR) is 87.9 cm³/mol. The van der Waals surface area contributed by atoms with Crippen LogP contribution in [0.4, 0.5) is 0 Å². The molecule has 7 heteroatoms. The van der Waals surface area contributed by atoms with Gasteiger partial charge < -0.3 is 4.52 Å². The number of nitrogens with zero attached hydrogens (tertiary/aromatic N) is 6. The number of aryl methyl sites for hydroxylation is 1. The van der Waals surface area contributed by atoms with Crippen molar-refractivity contribution in [3.8, 4) is 11.4 Å². The Hall–Kier alpha value is -2.54. The molecule has 3 aromatic heterocycles. The van der Waals surface area contributed by atoms with Gasteiger partial charge in [0.2, 0.25) is 11.7 Å². The van der Waals surface area contributed by atoms with Gasteiger partial charge in [-0.25, -0.2) is 0 Å². The van der Waals surface area contributed by atoms with E-state index in [1.165, 1.54) is 18.4 Å². The van der Waals surface area contributed by atoms with E-state index in [4.69, 9.17) is 4.52 Å². The molecule has 0 N–H and O–H groups in total. The number of likely N-dealkylation sites (tertiary alicyclic amines) is 1. The summed E-state index contributed by atoms with van der Waals surface area (Å²) in [5.74, 6) is 1.24. The predicted octanol–water partition coefficient (Wildman–Crippen LogP) is 2.30. The molecule has 1 aliphatic rings. The van der Waals surface area contributed by atoms with Gasteiger partial charge in [0.05, 0.1) is 19.3 Å². The quantitative estimate of drug-likeness (QED) is 0.717. The lowest BCUT2D eigenvalue weighted by atomic mass is 10.2. The van der Waals surface area contributed by atoms with Crippen molar-refractivity contribution >= 4 is 0 Å². The fourth-order valence-electron chi connectivity index (χ4n) is 3.20. The van der Waals surface area contributed by atoms with Crippen LogP contribution in [0.3, 0.4) is 0 Å². The standard InChI is InChI=1S/C17H20N6O/c1-13-8-19-23(10-13)11-15-5-3-7-22(15)12-16-20-17(21-24-16)14-4-2-6-18-9-14/h2,4,6,8-10,15H,3,5,7,11-12H2,1H3/t15-/m0/s1. The first kappa shape index (κ1) is 15.0. The molecule has 0 unspecified atom stereocenters. The van der Waals surface area contributed by atoms with Crippen LogP contribution in [-0.2, 0) is 13.1 Å². The Bertz CT molecular complexity index is 796. The highest BCUT2D eigenvalue weighted by molar-refractivity contribution is 5.51. The maximum Gasteiger partial charge on any atom is 0.241 e. The molecule has 0 aliphatic carbocycles. The molecule has 0 spiro atoms. The summed E-state index contributed by atoms with van der Waals surface area (Å²) < 4.78 is 7.45. The van der Waals surface area contributed by atoms with Gasteiger partial charge >= 0.3 is 0 Å². The summed E-state index contributed by atoms with van der Waals surface area (Å²) in [6.07, 6.45) is 9.82. The van der Waals surface area contributed by atoms with Gasteiger partial charge in [0.15, 0.2) is 0 Å². The molecular formula is C17H20N6O. The van der Waals surface area contributed by atoms with Gasteiger partial charge in [-0.15, -0.1) is 0 Å². The van der Waals surface area contributed by atoms with Crippen molar-refractivity contribution in [3.05, 3.63) is 48.4 Å². The van der Waals surface area contributed by atoms with Crippen molar-refractivity contribution < 1.29 is 4.52 Å². The summed E-state index contributed by atoms with van der Waals surface area (Å²) in [5.41, 5.74) is 2.06. The van der Waals surface area contributed by atoms with Crippen LogP contribution >= 0.6 is 0 Å². The summed E-state index contributed by atoms with van der Waals surface area (Å²) in [4.78, 5) is 11.0. The average Bonchev–Trinajstić information content (AvgIpc) is 3.32. The SMILES string of the molecule is Cc1cnn(C[C@@H]2CCCN2Cc2nc(-c3cccnc3)no2)c1. The van der Waals surface area contributed by atoms with Crippen LogP contribution in [0.1, 0.15) is 24.3 Å². The van der Waals surface area contributed by atoms with Gasteiger partial charge in [0.1, 0.15) is 0 Å². The first-order chi connectivity index (χ1) is 11.8. The van der Waals surface area contributed by atoms with Gasteiger partial charge in [-0.05, 0) is 44.0 Å². The lowest BCUT2D eigenvalue weighted by Gasteiger charge is -2.22. The van der Waals surface area contributed by atoms with E-state index in [2.05, 4.69) is 38.2 Å². The molecule has 0 bridgehead atoms.